The van der Waals surface area contributed by atoms with Gasteiger partial charge in [-0.3, -0.25) is 0 Å². The summed E-state index contributed by atoms with van der Waals surface area (Å²) >= 11 is 0. The molecule has 0 unspecified atom stereocenters. The molecule has 3 heteroatoms. The van der Waals surface area contributed by atoms with Gasteiger partial charge in [0.2, 0.25) is 0 Å². The highest BCUT2D eigenvalue weighted by atomic mass is 19.1. The molecule has 0 atom stereocenters. The quantitative estimate of drug-likeness (QED) is 0.826. The number of hydrogen-bond donors (Lipinski definition) is 1. The van der Waals surface area contributed by atoms with Crippen molar-refractivity contribution < 1.29 is 8.78 Å². The topological polar surface area (TPSA) is 12.0 Å². The zero-order valence-electron chi connectivity index (χ0n) is 9.97. The van der Waals surface area contributed by atoms with Crippen LogP contribution < -0.4 is 5.32 Å². The zero-order chi connectivity index (χ0) is 12.3. The van der Waals surface area contributed by atoms with Gasteiger partial charge in [-0.2, -0.15) is 0 Å². The second-order valence-corrected chi connectivity index (χ2v) is 4.51. The summed E-state index contributed by atoms with van der Waals surface area (Å²) in [6, 6.07) is 4.26. The van der Waals surface area contributed by atoms with Crippen LogP contribution in [0, 0.1) is 11.6 Å². The molecule has 1 aliphatic rings. The third kappa shape index (κ3) is 3.93. The van der Waals surface area contributed by atoms with Gasteiger partial charge >= 0.3 is 0 Å². The van der Waals surface area contributed by atoms with Crippen LogP contribution in [-0.4, -0.2) is 12.6 Å². The van der Waals surface area contributed by atoms with Gasteiger partial charge in [-0.15, -0.1) is 0 Å². The van der Waals surface area contributed by atoms with Crippen molar-refractivity contribution in [2.75, 3.05) is 6.54 Å². The van der Waals surface area contributed by atoms with Crippen molar-refractivity contribution in [1.82, 2.24) is 5.32 Å². The van der Waals surface area contributed by atoms with Crippen LogP contribution in [0.4, 0.5) is 8.78 Å². The first-order valence-corrected chi connectivity index (χ1v) is 6.06. The molecule has 0 saturated heterocycles. The fourth-order valence-electron chi connectivity index (χ4n) is 1.74. The molecule has 1 fully saturated rings. The summed E-state index contributed by atoms with van der Waals surface area (Å²) in [5.41, 5.74) is 1.76. The Bertz CT molecular complexity index is 402. The standard InChI is InChI=1S/C14H17F2N/c1-2-10(9-17-14-3-4-14)5-11-6-12(15)8-13(16)7-11/h5-8,14,17H,2-4,9H2,1H3/b10-5-. The maximum absolute atomic E-state index is 13.0. The van der Waals surface area contributed by atoms with E-state index in [0.29, 0.717) is 11.6 Å². The molecule has 1 N–H and O–H groups in total. The molecule has 0 bridgehead atoms. The van der Waals surface area contributed by atoms with Crippen LogP contribution in [0.5, 0.6) is 0 Å². The monoisotopic (exact) mass is 237 g/mol. The van der Waals surface area contributed by atoms with Gasteiger partial charge in [0.1, 0.15) is 11.6 Å². The van der Waals surface area contributed by atoms with Crippen LogP contribution >= 0.6 is 0 Å². The molecule has 17 heavy (non-hydrogen) atoms. The van der Waals surface area contributed by atoms with E-state index in [2.05, 4.69) is 12.2 Å². The Labute approximate surface area is 101 Å². The lowest BCUT2D eigenvalue weighted by Gasteiger charge is -2.06. The molecule has 1 aliphatic carbocycles. The van der Waals surface area contributed by atoms with Crippen LogP contribution in [0.2, 0.25) is 0 Å². The van der Waals surface area contributed by atoms with Gasteiger partial charge in [0.15, 0.2) is 0 Å². The van der Waals surface area contributed by atoms with Crippen molar-refractivity contribution >= 4 is 6.08 Å². The fourth-order valence-corrected chi connectivity index (χ4v) is 1.74. The molecule has 1 aromatic rings. The van der Waals surface area contributed by atoms with E-state index < -0.39 is 11.6 Å². The number of nitrogens with one attached hydrogen (secondary N) is 1. The first kappa shape index (κ1) is 12.2. The molecule has 0 amide bonds. The van der Waals surface area contributed by atoms with Gasteiger partial charge in [-0.05, 0) is 37.0 Å². The second kappa shape index (κ2) is 5.41. The number of benzene rings is 1. The fraction of sp³-hybridized carbons (Fsp3) is 0.429. The molecule has 0 heterocycles. The van der Waals surface area contributed by atoms with Crippen LogP contribution in [0.15, 0.2) is 23.8 Å². The van der Waals surface area contributed by atoms with Crippen molar-refractivity contribution in [2.45, 2.75) is 32.2 Å². The van der Waals surface area contributed by atoms with E-state index in [1.165, 1.54) is 30.5 Å². The van der Waals surface area contributed by atoms with Gasteiger partial charge in [0, 0.05) is 18.7 Å². The summed E-state index contributed by atoms with van der Waals surface area (Å²) in [6.45, 7) is 2.86. The molecular weight excluding hydrogens is 220 g/mol. The van der Waals surface area contributed by atoms with Crippen LogP contribution in [0.25, 0.3) is 6.08 Å². The highest BCUT2D eigenvalue weighted by molar-refractivity contribution is 5.53. The van der Waals surface area contributed by atoms with Crippen LogP contribution in [0.3, 0.4) is 0 Å². The van der Waals surface area contributed by atoms with Gasteiger partial charge in [0.05, 0.1) is 0 Å². The first-order chi connectivity index (χ1) is 8.17. The number of halogens is 2. The first-order valence-electron chi connectivity index (χ1n) is 6.06. The molecule has 0 aliphatic heterocycles. The molecule has 1 nitrogen and oxygen atoms in total. The average Bonchev–Trinajstić information content (AvgIpc) is 3.06. The lowest BCUT2D eigenvalue weighted by Crippen LogP contribution is -2.18. The molecule has 1 aromatic carbocycles. The largest absolute Gasteiger partial charge is 0.310 e. The third-order valence-electron chi connectivity index (χ3n) is 2.90. The second-order valence-electron chi connectivity index (χ2n) is 4.51. The van der Waals surface area contributed by atoms with E-state index in [1.54, 1.807) is 0 Å². The van der Waals surface area contributed by atoms with E-state index in [9.17, 15) is 8.78 Å². The van der Waals surface area contributed by atoms with E-state index in [-0.39, 0.29) is 0 Å². The molecule has 0 radical (unpaired) electrons. The summed E-state index contributed by atoms with van der Waals surface area (Å²) in [6.07, 6.45) is 5.23. The summed E-state index contributed by atoms with van der Waals surface area (Å²) in [5, 5.41) is 3.40. The van der Waals surface area contributed by atoms with E-state index in [0.717, 1.165) is 19.0 Å². The van der Waals surface area contributed by atoms with Crippen LogP contribution in [0.1, 0.15) is 31.7 Å². The van der Waals surface area contributed by atoms with Crippen molar-refractivity contribution in [3.05, 3.63) is 41.0 Å². The molecular formula is C14H17F2N. The smallest absolute Gasteiger partial charge is 0.126 e. The number of rotatable bonds is 5. The Hall–Kier alpha value is -1.22. The molecule has 1 saturated carbocycles. The Balaban J connectivity index is 2.07. The van der Waals surface area contributed by atoms with Crippen molar-refractivity contribution in [3.63, 3.8) is 0 Å². The average molecular weight is 237 g/mol. The van der Waals surface area contributed by atoms with Crippen molar-refractivity contribution in [2.24, 2.45) is 0 Å². The Kier molecular flexibility index (Phi) is 3.89. The lowest BCUT2D eigenvalue weighted by atomic mass is 10.1. The lowest BCUT2D eigenvalue weighted by molar-refractivity contribution is 0.582. The van der Waals surface area contributed by atoms with E-state index in [4.69, 9.17) is 0 Å². The van der Waals surface area contributed by atoms with E-state index >= 15 is 0 Å². The minimum atomic E-state index is -0.526. The Morgan fingerprint density at radius 2 is 1.94 bits per heavy atom. The minimum absolute atomic E-state index is 0.526. The number of hydrogen-bond acceptors (Lipinski definition) is 1. The summed E-state index contributed by atoms with van der Waals surface area (Å²) < 4.78 is 26.0. The van der Waals surface area contributed by atoms with Gasteiger partial charge in [0.25, 0.3) is 0 Å². The Morgan fingerprint density at radius 1 is 1.29 bits per heavy atom. The highest BCUT2D eigenvalue weighted by Gasteiger charge is 2.20. The van der Waals surface area contributed by atoms with Gasteiger partial charge < -0.3 is 5.32 Å². The predicted octanol–water partition coefficient (Wildman–Crippen LogP) is 3.51. The van der Waals surface area contributed by atoms with Crippen molar-refractivity contribution in [1.29, 1.82) is 0 Å². The Morgan fingerprint density at radius 3 is 2.47 bits per heavy atom. The highest BCUT2D eigenvalue weighted by Crippen LogP contribution is 2.20. The maximum Gasteiger partial charge on any atom is 0.126 e. The molecule has 2 rings (SSSR count). The summed E-state index contributed by atoms with van der Waals surface area (Å²) in [7, 11) is 0. The van der Waals surface area contributed by atoms with Gasteiger partial charge in [-0.25, -0.2) is 8.78 Å². The maximum atomic E-state index is 13.0. The zero-order valence-corrected chi connectivity index (χ0v) is 9.97. The summed E-state index contributed by atoms with van der Waals surface area (Å²) in [5.74, 6) is -1.05. The third-order valence-corrected chi connectivity index (χ3v) is 2.90. The van der Waals surface area contributed by atoms with E-state index in [1.807, 2.05) is 6.08 Å². The molecule has 0 spiro atoms. The van der Waals surface area contributed by atoms with Crippen molar-refractivity contribution in [3.8, 4) is 0 Å². The normalized spacial score (nSPS) is 16.3. The molecule has 0 aromatic heterocycles. The predicted molar refractivity (Wildman–Crippen MR) is 65.7 cm³/mol. The molecule has 92 valence electrons. The summed E-state index contributed by atoms with van der Waals surface area (Å²) in [4.78, 5) is 0. The van der Waals surface area contributed by atoms with Crippen LogP contribution in [-0.2, 0) is 0 Å². The minimum Gasteiger partial charge on any atom is -0.310 e. The van der Waals surface area contributed by atoms with Gasteiger partial charge in [-0.1, -0.05) is 18.6 Å². The SMILES string of the molecule is CC/C(=C/c1cc(F)cc(F)c1)CNC1CC1.